The van der Waals surface area contributed by atoms with Crippen LogP contribution < -0.4 is 0 Å². The van der Waals surface area contributed by atoms with E-state index >= 15 is 0 Å². The summed E-state index contributed by atoms with van der Waals surface area (Å²) in [6.45, 7) is 3.83. The van der Waals surface area contributed by atoms with Gasteiger partial charge in [-0.2, -0.15) is 0 Å². The maximum absolute atomic E-state index is 13.4. The number of ether oxygens (including phenoxy) is 1. The fourth-order valence-corrected chi connectivity index (χ4v) is 3.64. The van der Waals surface area contributed by atoms with Crippen LogP contribution in [0.2, 0.25) is 0 Å². The zero-order valence-electron chi connectivity index (χ0n) is 13.3. The number of carbonyl (C=O) groups excluding carboxylic acids is 1. The molecule has 3 heterocycles. The summed E-state index contributed by atoms with van der Waals surface area (Å²) in [5, 5.41) is 0. The molecule has 4 nitrogen and oxygen atoms in total. The van der Waals surface area contributed by atoms with Crippen molar-refractivity contribution in [3.05, 3.63) is 35.4 Å². The number of amides is 1. The number of hydrogen-bond acceptors (Lipinski definition) is 3. The van der Waals surface area contributed by atoms with Gasteiger partial charge in [0.15, 0.2) is 11.6 Å². The molecule has 2 atom stereocenters. The van der Waals surface area contributed by atoms with E-state index in [0.717, 1.165) is 38.1 Å². The molecule has 0 aromatic heterocycles. The maximum Gasteiger partial charge on any atom is 0.254 e. The first-order chi connectivity index (χ1) is 11.1. The minimum absolute atomic E-state index is 0.214. The molecular weight excluding hydrogens is 302 g/mol. The number of hydrogen-bond donors (Lipinski definition) is 0. The van der Waals surface area contributed by atoms with Crippen molar-refractivity contribution in [2.75, 3.05) is 39.9 Å². The SMILES string of the molecule is COCCN1C[C@H]2CC[C@@H]1CN(C(=O)c1ccc(F)c(F)c1)C2. The molecule has 3 saturated heterocycles. The monoisotopic (exact) mass is 324 g/mol. The van der Waals surface area contributed by atoms with Crippen molar-refractivity contribution in [2.45, 2.75) is 18.9 Å². The van der Waals surface area contributed by atoms with Gasteiger partial charge in [-0.3, -0.25) is 9.69 Å². The summed E-state index contributed by atoms with van der Waals surface area (Å²) in [4.78, 5) is 16.8. The van der Waals surface area contributed by atoms with E-state index < -0.39 is 11.6 Å². The molecule has 23 heavy (non-hydrogen) atoms. The molecule has 6 heteroatoms. The largest absolute Gasteiger partial charge is 0.383 e. The molecule has 1 aromatic rings. The number of methoxy groups -OCH3 is 1. The lowest BCUT2D eigenvalue weighted by atomic mass is 9.95. The summed E-state index contributed by atoms with van der Waals surface area (Å²) < 4.78 is 31.6. The van der Waals surface area contributed by atoms with E-state index in [1.165, 1.54) is 6.07 Å². The highest BCUT2D eigenvalue weighted by Crippen LogP contribution is 2.28. The molecule has 0 saturated carbocycles. The summed E-state index contributed by atoms with van der Waals surface area (Å²) in [5.74, 6) is -1.69. The lowest BCUT2D eigenvalue weighted by Gasteiger charge is -2.35. The average molecular weight is 324 g/mol. The number of carbonyl (C=O) groups is 1. The Morgan fingerprint density at radius 1 is 1.22 bits per heavy atom. The minimum Gasteiger partial charge on any atom is -0.383 e. The zero-order valence-corrected chi connectivity index (χ0v) is 13.3. The predicted molar refractivity (Wildman–Crippen MR) is 82.2 cm³/mol. The van der Waals surface area contributed by atoms with Gasteiger partial charge in [-0.1, -0.05) is 0 Å². The van der Waals surface area contributed by atoms with Gasteiger partial charge >= 0.3 is 0 Å². The van der Waals surface area contributed by atoms with Crippen molar-refractivity contribution < 1.29 is 18.3 Å². The van der Waals surface area contributed by atoms with Crippen LogP contribution in [0.4, 0.5) is 8.78 Å². The van der Waals surface area contributed by atoms with Gasteiger partial charge in [0, 0.05) is 44.9 Å². The lowest BCUT2D eigenvalue weighted by Crippen LogP contribution is -2.45. The molecule has 126 valence electrons. The van der Waals surface area contributed by atoms with Gasteiger partial charge < -0.3 is 9.64 Å². The molecule has 1 aromatic carbocycles. The van der Waals surface area contributed by atoms with Crippen LogP contribution in [-0.4, -0.2) is 61.6 Å². The first-order valence-corrected chi connectivity index (χ1v) is 8.06. The minimum atomic E-state index is -0.977. The second-order valence-electron chi connectivity index (χ2n) is 6.42. The van der Waals surface area contributed by atoms with E-state index in [1.54, 1.807) is 12.0 Å². The molecule has 4 rings (SSSR count). The number of benzene rings is 1. The Kier molecular flexibility index (Phi) is 4.92. The van der Waals surface area contributed by atoms with Crippen LogP contribution >= 0.6 is 0 Å². The number of nitrogens with zero attached hydrogens (tertiary/aromatic N) is 2. The quantitative estimate of drug-likeness (QED) is 0.851. The summed E-state index contributed by atoms with van der Waals surface area (Å²) >= 11 is 0. The molecule has 1 amide bonds. The van der Waals surface area contributed by atoms with Crippen LogP contribution in [0, 0.1) is 17.6 Å². The van der Waals surface area contributed by atoms with Gasteiger partial charge in [0.1, 0.15) is 0 Å². The number of piperidine rings is 1. The van der Waals surface area contributed by atoms with Crippen molar-refractivity contribution in [3.8, 4) is 0 Å². The second-order valence-corrected chi connectivity index (χ2v) is 6.42. The Morgan fingerprint density at radius 3 is 2.78 bits per heavy atom. The summed E-state index contributed by atoms with van der Waals surface area (Å²) in [6.07, 6.45) is 2.17. The molecule has 3 fully saturated rings. The van der Waals surface area contributed by atoms with Crippen LogP contribution in [0.3, 0.4) is 0 Å². The van der Waals surface area contributed by atoms with Crippen LogP contribution in [0.5, 0.6) is 0 Å². The third-order valence-electron chi connectivity index (χ3n) is 4.86. The summed E-state index contributed by atoms with van der Waals surface area (Å²) in [7, 11) is 1.69. The van der Waals surface area contributed by atoms with E-state index in [9.17, 15) is 13.6 Å². The Labute approximate surface area is 135 Å². The molecule has 2 bridgehead atoms. The maximum atomic E-state index is 13.4. The fraction of sp³-hybridized carbons (Fsp3) is 0.588. The van der Waals surface area contributed by atoms with E-state index in [2.05, 4.69) is 4.90 Å². The number of fused-ring (bicyclic) bond motifs is 4. The van der Waals surface area contributed by atoms with Gasteiger partial charge in [-0.15, -0.1) is 0 Å². The average Bonchev–Trinajstić information content (AvgIpc) is 2.86. The van der Waals surface area contributed by atoms with Crippen molar-refractivity contribution in [2.24, 2.45) is 5.92 Å². The van der Waals surface area contributed by atoms with Crippen LogP contribution in [0.1, 0.15) is 23.2 Å². The smallest absolute Gasteiger partial charge is 0.254 e. The third-order valence-corrected chi connectivity index (χ3v) is 4.86. The Morgan fingerprint density at radius 2 is 2.04 bits per heavy atom. The summed E-state index contributed by atoms with van der Waals surface area (Å²) in [6, 6.07) is 3.68. The molecule has 3 aliphatic heterocycles. The van der Waals surface area contributed by atoms with Crippen LogP contribution in [0.25, 0.3) is 0 Å². The normalized spacial score (nSPS) is 24.7. The third kappa shape index (κ3) is 3.53. The molecule has 3 aliphatic rings. The van der Waals surface area contributed by atoms with Crippen LogP contribution in [0.15, 0.2) is 18.2 Å². The zero-order chi connectivity index (χ0) is 16.4. The molecular formula is C17H22F2N2O2. The van der Waals surface area contributed by atoms with Crippen molar-refractivity contribution in [1.29, 1.82) is 0 Å². The van der Waals surface area contributed by atoms with E-state index in [0.29, 0.717) is 31.7 Å². The van der Waals surface area contributed by atoms with E-state index in [1.807, 2.05) is 0 Å². The van der Waals surface area contributed by atoms with Crippen LogP contribution in [-0.2, 0) is 4.74 Å². The Bertz CT molecular complexity index is 582. The molecule has 0 radical (unpaired) electrons. The van der Waals surface area contributed by atoms with E-state index in [-0.39, 0.29) is 11.5 Å². The molecule has 0 spiro atoms. The highest BCUT2D eigenvalue weighted by Gasteiger charge is 2.36. The van der Waals surface area contributed by atoms with Gasteiger partial charge in [-0.25, -0.2) is 8.78 Å². The van der Waals surface area contributed by atoms with Crippen molar-refractivity contribution >= 4 is 5.91 Å². The van der Waals surface area contributed by atoms with Crippen molar-refractivity contribution in [3.63, 3.8) is 0 Å². The Hall–Kier alpha value is -1.53. The van der Waals surface area contributed by atoms with Gasteiger partial charge in [-0.05, 0) is 37.0 Å². The lowest BCUT2D eigenvalue weighted by molar-refractivity contribution is 0.0717. The Balaban J connectivity index is 1.73. The van der Waals surface area contributed by atoms with Gasteiger partial charge in [0.05, 0.1) is 6.61 Å². The molecule has 0 unspecified atom stereocenters. The molecule has 0 aliphatic carbocycles. The first kappa shape index (κ1) is 16.3. The predicted octanol–water partition coefficient (Wildman–Crippen LogP) is 2.15. The number of rotatable bonds is 4. The van der Waals surface area contributed by atoms with E-state index in [4.69, 9.17) is 4.74 Å². The van der Waals surface area contributed by atoms with Crippen molar-refractivity contribution in [1.82, 2.24) is 9.80 Å². The molecule has 0 N–H and O–H groups in total. The highest BCUT2D eigenvalue weighted by atomic mass is 19.2. The second kappa shape index (κ2) is 6.93. The summed E-state index contributed by atoms with van der Waals surface area (Å²) in [5.41, 5.74) is 0.216. The fourth-order valence-electron chi connectivity index (χ4n) is 3.64. The topological polar surface area (TPSA) is 32.8 Å². The number of halogens is 2. The first-order valence-electron chi connectivity index (χ1n) is 8.06. The van der Waals surface area contributed by atoms with Gasteiger partial charge in [0.25, 0.3) is 5.91 Å². The van der Waals surface area contributed by atoms with Gasteiger partial charge in [0.2, 0.25) is 0 Å². The highest BCUT2D eigenvalue weighted by molar-refractivity contribution is 5.94. The standard InChI is InChI=1S/C17H22F2N2O2/c1-23-7-6-20-9-12-2-4-14(20)11-21(10-12)17(22)13-3-5-15(18)16(19)8-13/h3,5,8,12,14H,2,4,6-7,9-11H2,1H3/t12-,14-/m1/s1.